The van der Waals surface area contributed by atoms with Gasteiger partial charge in [0.25, 0.3) is 0 Å². The van der Waals surface area contributed by atoms with Gasteiger partial charge in [-0.05, 0) is 35.0 Å². The fourth-order valence-corrected chi connectivity index (χ4v) is 2.04. The van der Waals surface area contributed by atoms with E-state index in [1.807, 2.05) is 19.1 Å². The van der Waals surface area contributed by atoms with Crippen molar-refractivity contribution < 1.29 is 15.0 Å². The van der Waals surface area contributed by atoms with Crippen LogP contribution in [0.3, 0.4) is 0 Å². The Labute approximate surface area is 113 Å². The number of halogens is 1. The Bertz CT molecular complexity index is 580. The predicted molar refractivity (Wildman–Crippen MR) is 72.1 cm³/mol. The van der Waals surface area contributed by atoms with Gasteiger partial charge in [0.1, 0.15) is 0 Å². The van der Waals surface area contributed by atoms with E-state index in [1.54, 1.807) is 12.1 Å². The van der Waals surface area contributed by atoms with Crippen LogP contribution in [0, 0.1) is 6.92 Å². The highest BCUT2D eigenvalue weighted by Gasteiger charge is 2.14. The summed E-state index contributed by atoms with van der Waals surface area (Å²) in [6, 6.07) is 9.90. The molecule has 0 saturated heterocycles. The molecule has 0 unspecified atom stereocenters. The first kappa shape index (κ1) is 12.6. The van der Waals surface area contributed by atoms with E-state index in [9.17, 15) is 15.0 Å². The van der Waals surface area contributed by atoms with Crippen molar-refractivity contribution in [3.63, 3.8) is 0 Å². The van der Waals surface area contributed by atoms with E-state index in [2.05, 4.69) is 15.9 Å². The van der Waals surface area contributed by atoms with Gasteiger partial charge in [0.15, 0.2) is 17.3 Å². The molecule has 0 heterocycles. The summed E-state index contributed by atoms with van der Waals surface area (Å²) in [5.41, 5.74) is 1.93. The second-order valence-electron chi connectivity index (χ2n) is 4.02. The van der Waals surface area contributed by atoms with Crippen LogP contribution in [0.25, 0.3) is 0 Å². The molecule has 0 bridgehead atoms. The first-order valence-corrected chi connectivity index (χ1v) is 6.11. The number of hydrogen-bond donors (Lipinski definition) is 2. The lowest BCUT2D eigenvalue weighted by molar-refractivity contribution is 0.103. The summed E-state index contributed by atoms with van der Waals surface area (Å²) in [4.78, 5) is 12.2. The quantitative estimate of drug-likeness (QED) is 0.660. The highest BCUT2D eigenvalue weighted by Crippen LogP contribution is 2.34. The summed E-state index contributed by atoms with van der Waals surface area (Å²) < 4.78 is 0.290. The first-order chi connectivity index (χ1) is 8.49. The van der Waals surface area contributed by atoms with Gasteiger partial charge < -0.3 is 10.2 Å². The first-order valence-electron chi connectivity index (χ1n) is 5.32. The molecule has 0 aromatic heterocycles. The van der Waals surface area contributed by atoms with E-state index in [4.69, 9.17) is 0 Å². The summed E-state index contributed by atoms with van der Waals surface area (Å²) in [6.07, 6.45) is 0. The molecule has 0 saturated carbocycles. The smallest absolute Gasteiger partial charge is 0.193 e. The van der Waals surface area contributed by atoms with Crippen LogP contribution in [0.2, 0.25) is 0 Å². The molecule has 0 radical (unpaired) electrons. The van der Waals surface area contributed by atoms with Gasteiger partial charge in [0, 0.05) is 11.1 Å². The molecule has 18 heavy (non-hydrogen) atoms. The fourth-order valence-electron chi connectivity index (χ4n) is 1.59. The van der Waals surface area contributed by atoms with Gasteiger partial charge in [-0.25, -0.2) is 0 Å². The molecular formula is C14H11BrO3. The molecule has 0 amide bonds. The second kappa shape index (κ2) is 4.82. The van der Waals surface area contributed by atoms with E-state index in [0.29, 0.717) is 11.1 Å². The van der Waals surface area contributed by atoms with Crippen molar-refractivity contribution in [3.05, 3.63) is 57.6 Å². The highest BCUT2D eigenvalue weighted by atomic mass is 79.9. The van der Waals surface area contributed by atoms with Crippen molar-refractivity contribution in [1.29, 1.82) is 0 Å². The van der Waals surface area contributed by atoms with Crippen molar-refractivity contribution in [1.82, 2.24) is 0 Å². The number of aromatic hydroxyl groups is 2. The van der Waals surface area contributed by atoms with Crippen LogP contribution in [-0.2, 0) is 0 Å². The molecule has 0 aliphatic rings. The minimum absolute atomic E-state index is 0.203. The molecule has 2 aromatic rings. The van der Waals surface area contributed by atoms with Crippen LogP contribution in [-0.4, -0.2) is 16.0 Å². The number of phenolic OH excluding ortho intramolecular Hbond substituents is 2. The second-order valence-corrected chi connectivity index (χ2v) is 4.88. The zero-order chi connectivity index (χ0) is 13.3. The molecule has 0 atom stereocenters. The number of phenols is 2. The van der Waals surface area contributed by atoms with E-state index in [0.717, 1.165) is 5.56 Å². The van der Waals surface area contributed by atoms with Gasteiger partial charge in [-0.3, -0.25) is 4.79 Å². The van der Waals surface area contributed by atoms with Crippen molar-refractivity contribution in [3.8, 4) is 11.5 Å². The standard InChI is InChI=1S/C14H11BrO3/c1-8-2-4-9(5-3-8)13(17)10-6-11(15)14(18)12(16)7-10/h2-7,16,18H,1H3. The molecule has 92 valence electrons. The van der Waals surface area contributed by atoms with Gasteiger partial charge >= 0.3 is 0 Å². The van der Waals surface area contributed by atoms with E-state index < -0.39 is 0 Å². The molecule has 3 nitrogen and oxygen atoms in total. The molecule has 2 aromatic carbocycles. The van der Waals surface area contributed by atoms with Crippen molar-refractivity contribution >= 4 is 21.7 Å². The van der Waals surface area contributed by atoms with Crippen LogP contribution in [0.4, 0.5) is 0 Å². The Morgan fingerprint density at radius 3 is 2.22 bits per heavy atom. The summed E-state index contributed by atoms with van der Waals surface area (Å²) in [5.74, 6) is -0.790. The third kappa shape index (κ3) is 2.38. The zero-order valence-electron chi connectivity index (χ0n) is 9.64. The van der Waals surface area contributed by atoms with Crippen LogP contribution < -0.4 is 0 Å². The fraction of sp³-hybridized carbons (Fsp3) is 0.0714. The average molecular weight is 307 g/mol. The monoisotopic (exact) mass is 306 g/mol. The van der Waals surface area contributed by atoms with Gasteiger partial charge in [-0.2, -0.15) is 0 Å². The zero-order valence-corrected chi connectivity index (χ0v) is 11.2. The van der Waals surface area contributed by atoms with Gasteiger partial charge in [0.05, 0.1) is 4.47 Å². The summed E-state index contributed by atoms with van der Waals surface area (Å²) in [6.45, 7) is 1.94. The normalized spacial score (nSPS) is 10.3. The molecule has 0 spiro atoms. The molecule has 0 aliphatic heterocycles. The van der Waals surface area contributed by atoms with Crippen molar-refractivity contribution in [2.45, 2.75) is 6.92 Å². The van der Waals surface area contributed by atoms with E-state index in [1.165, 1.54) is 12.1 Å². The molecule has 0 aliphatic carbocycles. The maximum atomic E-state index is 12.2. The minimum atomic E-state index is -0.320. The number of rotatable bonds is 2. The lowest BCUT2D eigenvalue weighted by Gasteiger charge is -2.05. The van der Waals surface area contributed by atoms with E-state index in [-0.39, 0.29) is 21.8 Å². The molecule has 2 N–H and O–H groups in total. The van der Waals surface area contributed by atoms with Gasteiger partial charge in [-0.15, -0.1) is 0 Å². The number of aryl methyl sites for hydroxylation is 1. The highest BCUT2D eigenvalue weighted by molar-refractivity contribution is 9.10. The number of carbonyl (C=O) groups excluding carboxylic acids is 1. The van der Waals surface area contributed by atoms with Crippen LogP contribution in [0.5, 0.6) is 11.5 Å². The van der Waals surface area contributed by atoms with Gasteiger partial charge in [-0.1, -0.05) is 29.8 Å². The van der Waals surface area contributed by atoms with Crippen LogP contribution >= 0.6 is 15.9 Å². The van der Waals surface area contributed by atoms with Crippen molar-refractivity contribution in [2.24, 2.45) is 0 Å². The topological polar surface area (TPSA) is 57.5 Å². The lowest BCUT2D eigenvalue weighted by atomic mass is 10.0. The maximum absolute atomic E-state index is 12.2. The van der Waals surface area contributed by atoms with Crippen LogP contribution in [0.1, 0.15) is 21.5 Å². The van der Waals surface area contributed by atoms with Crippen molar-refractivity contribution in [2.75, 3.05) is 0 Å². The summed E-state index contributed by atoms with van der Waals surface area (Å²) in [7, 11) is 0. The number of carbonyl (C=O) groups is 1. The Morgan fingerprint density at radius 1 is 1.06 bits per heavy atom. The maximum Gasteiger partial charge on any atom is 0.193 e. The predicted octanol–water partition coefficient (Wildman–Crippen LogP) is 3.40. The molecule has 4 heteroatoms. The molecule has 2 rings (SSSR count). The lowest BCUT2D eigenvalue weighted by Crippen LogP contribution is -2.01. The van der Waals surface area contributed by atoms with Crippen LogP contribution in [0.15, 0.2) is 40.9 Å². The number of hydrogen-bond acceptors (Lipinski definition) is 3. The number of ketones is 1. The molecule has 0 fully saturated rings. The SMILES string of the molecule is Cc1ccc(C(=O)c2cc(O)c(O)c(Br)c2)cc1. The number of benzene rings is 2. The third-order valence-electron chi connectivity index (χ3n) is 2.62. The Hall–Kier alpha value is -1.81. The Kier molecular flexibility index (Phi) is 3.39. The largest absolute Gasteiger partial charge is 0.504 e. The van der Waals surface area contributed by atoms with Gasteiger partial charge in [0.2, 0.25) is 0 Å². The minimum Gasteiger partial charge on any atom is -0.504 e. The Morgan fingerprint density at radius 2 is 1.67 bits per heavy atom. The van der Waals surface area contributed by atoms with E-state index >= 15 is 0 Å². The third-order valence-corrected chi connectivity index (χ3v) is 3.22. The summed E-state index contributed by atoms with van der Waals surface area (Å²) in [5, 5.41) is 18.9. The Balaban J connectivity index is 2.43. The average Bonchev–Trinajstić information content (AvgIpc) is 2.35. The summed E-state index contributed by atoms with van der Waals surface area (Å²) >= 11 is 3.09. The molecular weight excluding hydrogens is 296 g/mol.